The van der Waals surface area contributed by atoms with E-state index in [4.69, 9.17) is 4.74 Å². The summed E-state index contributed by atoms with van der Waals surface area (Å²) in [5.74, 6) is 2.81. The van der Waals surface area contributed by atoms with Gasteiger partial charge in [0.15, 0.2) is 11.6 Å². The van der Waals surface area contributed by atoms with Crippen LogP contribution >= 0.6 is 0 Å². The number of halogens is 1. The van der Waals surface area contributed by atoms with Gasteiger partial charge >= 0.3 is 0 Å². The molecule has 236 valence electrons. The van der Waals surface area contributed by atoms with E-state index < -0.39 is 16.8 Å². The van der Waals surface area contributed by atoms with Crippen molar-refractivity contribution in [2.75, 3.05) is 50.4 Å². The van der Waals surface area contributed by atoms with E-state index in [1.807, 2.05) is 20.8 Å². The van der Waals surface area contributed by atoms with Crippen LogP contribution in [-0.2, 0) is 11.0 Å². The average molecular weight is 615 g/mol. The summed E-state index contributed by atoms with van der Waals surface area (Å²) in [5.41, 5.74) is 0.195. The summed E-state index contributed by atoms with van der Waals surface area (Å²) in [4.78, 5) is 28.6. The number of amides is 1. The largest absolute Gasteiger partial charge is 0.451 e. The van der Waals surface area contributed by atoms with Gasteiger partial charge in [-0.15, -0.1) is 0 Å². The summed E-state index contributed by atoms with van der Waals surface area (Å²) in [6.45, 7) is 11.7. The summed E-state index contributed by atoms with van der Waals surface area (Å²) in [7, 11) is -0.922. The molecule has 1 N–H and O–H groups in total. The molecular weight excluding hydrogens is 567 g/mol. The minimum Gasteiger partial charge on any atom is -0.451 e. The summed E-state index contributed by atoms with van der Waals surface area (Å²) in [6, 6.07) is 4.45. The zero-order chi connectivity index (χ0) is 30.5. The molecule has 1 aromatic carbocycles. The normalized spacial score (nSPS) is 22.8. The number of ether oxygens (including phenoxy) is 1. The van der Waals surface area contributed by atoms with E-state index in [-0.39, 0.29) is 17.5 Å². The number of aromatic nitrogens is 2. The molecule has 2 saturated heterocycles. The molecule has 3 fully saturated rings. The Labute approximate surface area is 258 Å². The SMILES string of the molecule is CCN(C(=O)c1cc(F)ccc1Oc1cncnc1N1CC(C2CCN(CC3CCC(NS(C)=O)CC3)CC2)C1)C(C)C. The van der Waals surface area contributed by atoms with Crippen LogP contribution < -0.4 is 14.4 Å². The molecule has 3 heterocycles. The van der Waals surface area contributed by atoms with E-state index in [1.54, 1.807) is 17.4 Å². The molecule has 11 heteroatoms. The minimum absolute atomic E-state index is 0.0219. The van der Waals surface area contributed by atoms with Crippen LogP contribution in [-0.4, -0.2) is 87.5 Å². The predicted molar refractivity (Wildman–Crippen MR) is 168 cm³/mol. The quantitative estimate of drug-likeness (QED) is 0.386. The van der Waals surface area contributed by atoms with Gasteiger partial charge in [0.05, 0.1) is 22.7 Å². The van der Waals surface area contributed by atoms with E-state index in [2.05, 4.69) is 24.5 Å². The fourth-order valence-corrected chi connectivity index (χ4v) is 7.75. The van der Waals surface area contributed by atoms with Crippen LogP contribution in [0.1, 0.15) is 69.7 Å². The highest BCUT2D eigenvalue weighted by molar-refractivity contribution is 7.82. The third kappa shape index (κ3) is 7.91. The van der Waals surface area contributed by atoms with Gasteiger partial charge < -0.3 is 19.4 Å². The fraction of sp³-hybridized carbons (Fsp3) is 0.656. The van der Waals surface area contributed by atoms with Crippen molar-refractivity contribution in [3.63, 3.8) is 0 Å². The topological polar surface area (TPSA) is 90.9 Å². The zero-order valence-corrected chi connectivity index (χ0v) is 26.8. The van der Waals surface area contributed by atoms with Gasteiger partial charge in [-0.05, 0) is 108 Å². The Balaban J connectivity index is 1.14. The number of nitrogens with one attached hydrogen (secondary N) is 1. The number of piperidine rings is 1. The number of nitrogens with zero attached hydrogens (tertiary/aromatic N) is 5. The van der Waals surface area contributed by atoms with E-state index in [1.165, 1.54) is 56.8 Å². The van der Waals surface area contributed by atoms with Gasteiger partial charge in [0.2, 0.25) is 0 Å². The summed E-state index contributed by atoms with van der Waals surface area (Å²) in [6.07, 6.45) is 12.0. The van der Waals surface area contributed by atoms with Crippen LogP contribution in [0.3, 0.4) is 0 Å². The molecule has 1 aromatic heterocycles. The highest BCUT2D eigenvalue weighted by atomic mass is 32.2. The van der Waals surface area contributed by atoms with Crippen LogP contribution in [0.5, 0.6) is 11.5 Å². The maximum Gasteiger partial charge on any atom is 0.257 e. The first kappa shape index (κ1) is 31.8. The van der Waals surface area contributed by atoms with Crippen LogP contribution in [0.4, 0.5) is 10.2 Å². The number of benzene rings is 1. The standard InChI is InChI=1S/C32H47FN6O3S/c1-5-39(22(2)3)32(40)28-16-26(33)8-11-29(28)42-30-17-34-21-35-31(30)38-19-25(20-38)24-12-14-37(15-13-24)18-23-6-9-27(10-7-23)36-43(4)41/h8,11,16-17,21-25,27,36H,5-7,9-10,12-15,18-20H2,1-4H3. The average Bonchev–Trinajstić information content (AvgIpc) is 2.96. The molecule has 0 bridgehead atoms. The van der Waals surface area contributed by atoms with Crippen LogP contribution in [0.25, 0.3) is 0 Å². The van der Waals surface area contributed by atoms with Gasteiger partial charge in [-0.25, -0.2) is 23.3 Å². The van der Waals surface area contributed by atoms with Crippen molar-refractivity contribution in [1.29, 1.82) is 0 Å². The monoisotopic (exact) mass is 614 g/mol. The Bertz CT molecular complexity index is 1260. The number of likely N-dealkylation sites (tertiary alicyclic amines) is 1. The van der Waals surface area contributed by atoms with E-state index in [0.29, 0.717) is 41.7 Å². The number of hydrogen-bond donors (Lipinski definition) is 1. The Hall–Kier alpha value is -2.63. The van der Waals surface area contributed by atoms with Crippen molar-refractivity contribution in [3.05, 3.63) is 42.1 Å². The molecule has 0 spiro atoms. The molecule has 43 heavy (non-hydrogen) atoms. The van der Waals surface area contributed by atoms with Gasteiger partial charge in [-0.1, -0.05) is 0 Å². The number of rotatable bonds is 11. The Kier molecular flexibility index (Phi) is 10.7. The fourth-order valence-electron chi connectivity index (χ4n) is 7.05. The molecular formula is C32H47FN6O3S. The van der Waals surface area contributed by atoms with E-state index in [0.717, 1.165) is 44.9 Å². The number of hydrogen-bond acceptors (Lipinski definition) is 7. The summed E-state index contributed by atoms with van der Waals surface area (Å²) in [5, 5.41) is 0. The first-order valence-corrected chi connectivity index (χ1v) is 17.4. The Morgan fingerprint density at radius 3 is 2.49 bits per heavy atom. The smallest absolute Gasteiger partial charge is 0.257 e. The molecule has 2 aromatic rings. The second kappa shape index (κ2) is 14.4. The second-order valence-corrected chi connectivity index (χ2v) is 13.9. The maximum absolute atomic E-state index is 14.2. The van der Waals surface area contributed by atoms with Gasteiger partial charge in [-0.3, -0.25) is 4.79 Å². The first-order valence-electron chi connectivity index (χ1n) is 15.9. The van der Waals surface area contributed by atoms with Crippen molar-refractivity contribution >= 4 is 22.7 Å². The Morgan fingerprint density at radius 1 is 1.12 bits per heavy atom. The van der Waals surface area contributed by atoms with Crippen molar-refractivity contribution in [2.45, 2.75) is 71.4 Å². The first-order chi connectivity index (χ1) is 20.7. The lowest BCUT2D eigenvalue weighted by atomic mass is 9.79. The lowest BCUT2D eigenvalue weighted by molar-refractivity contribution is 0.0713. The van der Waals surface area contributed by atoms with E-state index >= 15 is 0 Å². The van der Waals surface area contributed by atoms with E-state index in [9.17, 15) is 13.4 Å². The molecule has 0 radical (unpaired) electrons. The third-order valence-electron chi connectivity index (χ3n) is 9.48. The molecule has 5 rings (SSSR count). The van der Waals surface area contributed by atoms with Crippen molar-refractivity contribution < 1.29 is 18.1 Å². The molecule has 3 aliphatic rings. The van der Waals surface area contributed by atoms with Crippen LogP contribution in [0.2, 0.25) is 0 Å². The third-order valence-corrected chi connectivity index (χ3v) is 10.1. The number of anilines is 1. The molecule has 1 unspecified atom stereocenters. The summed E-state index contributed by atoms with van der Waals surface area (Å²) >= 11 is 0. The second-order valence-electron chi connectivity index (χ2n) is 12.7. The molecule has 9 nitrogen and oxygen atoms in total. The molecule has 1 atom stereocenters. The molecule has 2 aliphatic heterocycles. The molecule has 1 amide bonds. The van der Waals surface area contributed by atoms with Gasteiger partial charge in [0.25, 0.3) is 5.91 Å². The lowest BCUT2D eigenvalue weighted by Gasteiger charge is -2.47. The van der Waals surface area contributed by atoms with Crippen molar-refractivity contribution in [1.82, 2.24) is 24.5 Å². The summed E-state index contributed by atoms with van der Waals surface area (Å²) < 4.78 is 35.1. The highest BCUT2D eigenvalue weighted by Crippen LogP contribution is 2.39. The Morgan fingerprint density at radius 2 is 1.84 bits per heavy atom. The van der Waals surface area contributed by atoms with Crippen LogP contribution in [0.15, 0.2) is 30.7 Å². The lowest BCUT2D eigenvalue weighted by Crippen LogP contribution is -2.52. The van der Waals surface area contributed by atoms with Gasteiger partial charge in [0, 0.05) is 44.5 Å². The maximum atomic E-state index is 14.2. The molecule has 1 aliphatic carbocycles. The number of carbonyl (C=O) groups excluding carboxylic acids is 1. The van der Waals surface area contributed by atoms with Crippen LogP contribution in [0, 0.1) is 23.6 Å². The number of carbonyl (C=O) groups is 1. The minimum atomic E-state index is -0.922. The highest BCUT2D eigenvalue weighted by Gasteiger charge is 2.37. The van der Waals surface area contributed by atoms with Gasteiger partial charge in [-0.2, -0.15) is 0 Å². The predicted octanol–water partition coefficient (Wildman–Crippen LogP) is 4.87. The van der Waals surface area contributed by atoms with Crippen molar-refractivity contribution in [3.8, 4) is 11.5 Å². The molecule has 1 saturated carbocycles. The zero-order valence-electron chi connectivity index (χ0n) is 26.0. The van der Waals surface area contributed by atoms with Crippen molar-refractivity contribution in [2.24, 2.45) is 17.8 Å². The van der Waals surface area contributed by atoms with Gasteiger partial charge in [0.1, 0.15) is 17.9 Å².